The summed E-state index contributed by atoms with van der Waals surface area (Å²) >= 11 is 0. The Morgan fingerprint density at radius 1 is 1.25 bits per heavy atom. The van der Waals surface area contributed by atoms with Crippen LogP contribution in [0, 0.1) is 5.82 Å². The highest BCUT2D eigenvalue weighted by Crippen LogP contribution is 2.33. The van der Waals surface area contributed by atoms with Gasteiger partial charge in [0.05, 0.1) is 11.3 Å². The third kappa shape index (κ3) is 3.42. The van der Waals surface area contributed by atoms with Gasteiger partial charge < -0.3 is 10.2 Å². The van der Waals surface area contributed by atoms with E-state index >= 15 is 0 Å². The highest BCUT2D eigenvalue weighted by atomic mass is 19.4. The van der Waals surface area contributed by atoms with E-state index in [2.05, 4.69) is 5.32 Å². The van der Waals surface area contributed by atoms with E-state index in [1.807, 2.05) is 13.8 Å². The number of nitrogens with zero attached hydrogens (tertiary/aromatic N) is 1. The van der Waals surface area contributed by atoms with Crippen LogP contribution in [0.4, 0.5) is 23.2 Å². The summed E-state index contributed by atoms with van der Waals surface area (Å²) in [5, 5.41) is 3.30. The van der Waals surface area contributed by atoms with Crippen LogP contribution in [0.5, 0.6) is 0 Å². The third-order valence-electron chi connectivity index (χ3n) is 3.41. The van der Waals surface area contributed by atoms with E-state index in [9.17, 15) is 17.6 Å². The Bertz CT molecular complexity index is 483. The van der Waals surface area contributed by atoms with E-state index in [0.29, 0.717) is 13.1 Å². The molecule has 0 aromatic heterocycles. The van der Waals surface area contributed by atoms with Crippen molar-refractivity contribution in [1.82, 2.24) is 5.32 Å². The summed E-state index contributed by atoms with van der Waals surface area (Å²) in [5.41, 5.74) is -1.06. The van der Waals surface area contributed by atoms with Crippen LogP contribution >= 0.6 is 0 Å². The first-order valence-electron chi connectivity index (χ1n) is 6.56. The lowest BCUT2D eigenvalue weighted by molar-refractivity contribution is -0.137. The van der Waals surface area contributed by atoms with Crippen LogP contribution in [0.25, 0.3) is 0 Å². The summed E-state index contributed by atoms with van der Waals surface area (Å²) in [6, 6.07) is 2.57. The molecule has 2 rings (SSSR count). The maximum absolute atomic E-state index is 13.9. The molecule has 2 nitrogen and oxygen atoms in total. The molecule has 0 atom stereocenters. The number of hydrogen-bond donors (Lipinski definition) is 1. The fourth-order valence-corrected chi connectivity index (χ4v) is 2.45. The molecule has 1 N–H and O–H groups in total. The van der Waals surface area contributed by atoms with Crippen molar-refractivity contribution in [2.24, 2.45) is 0 Å². The second-order valence-corrected chi connectivity index (χ2v) is 5.75. The molecule has 20 heavy (non-hydrogen) atoms. The van der Waals surface area contributed by atoms with E-state index in [-0.39, 0.29) is 11.2 Å². The van der Waals surface area contributed by atoms with Gasteiger partial charge in [0.1, 0.15) is 5.82 Å². The predicted octanol–water partition coefficient (Wildman–Crippen LogP) is 3.42. The van der Waals surface area contributed by atoms with E-state index in [4.69, 9.17) is 0 Å². The van der Waals surface area contributed by atoms with Crippen LogP contribution in [0.2, 0.25) is 0 Å². The zero-order valence-corrected chi connectivity index (χ0v) is 11.5. The molecule has 112 valence electrons. The van der Waals surface area contributed by atoms with E-state index in [1.54, 1.807) is 4.90 Å². The first-order chi connectivity index (χ1) is 9.19. The van der Waals surface area contributed by atoms with Crippen molar-refractivity contribution in [2.45, 2.75) is 32.0 Å². The maximum Gasteiger partial charge on any atom is 0.416 e. The number of anilines is 1. The van der Waals surface area contributed by atoms with Crippen molar-refractivity contribution in [2.75, 3.05) is 24.5 Å². The van der Waals surface area contributed by atoms with E-state index in [0.717, 1.165) is 31.2 Å². The van der Waals surface area contributed by atoms with Gasteiger partial charge >= 0.3 is 6.18 Å². The lowest BCUT2D eigenvalue weighted by Crippen LogP contribution is -2.46. The van der Waals surface area contributed by atoms with Crippen molar-refractivity contribution in [3.8, 4) is 0 Å². The largest absolute Gasteiger partial charge is 0.416 e. The molecule has 0 unspecified atom stereocenters. The molecule has 1 aromatic rings. The molecular formula is C14H18F4N2. The third-order valence-corrected chi connectivity index (χ3v) is 3.41. The summed E-state index contributed by atoms with van der Waals surface area (Å²) in [4.78, 5) is 1.69. The second kappa shape index (κ2) is 5.24. The molecule has 1 aliphatic heterocycles. The molecule has 1 fully saturated rings. The summed E-state index contributed by atoms with van der Waals surface area (Å²) in [5.74, 6) is -0.615. The Morgan fingerprint density at radius 3 is 2.60 bits per heavy atom. The van der Waals surface area contributed by atoms with Crippen LogP contribution in [-0.4, -0.2) is 25.2 Å². The van der Waals surface area contributed by atoms with Gasteiger partial charge in [-0.15, -0.1) is 0 Å². The van der Waals surface area contributed by atoms with E-state index < -0.39 is 17.6 Å². The summed E-state index contributed by atoms with van der Waals surface area (Å²) in [7, 11) is 0. The Morgan fingerprint density at radius 2 is 1.95 bits per heavy atom. The lowest BCUT2D eigenvalue weighted by Gasteiger charge is -2.32. The van der Waals surface area contributed by atoms with Crippen molar-refractivity contribution in [3.05, 3.63) is 29.6 Å². The monoisotopic (exact) mass is 290 g/mol. The highest BCUT2D eigenvalue weighted by molar-refractivity contribution is 5.51. The topological polar surface area (TPSA) is 15.3 Å². The zero-order valence-electron chi connectivity index (χ0n) is 11.5. The van der Waals surface area contributed by atoms with Crippen LogP contribution in [0.3, 0.4) is 0 Å². The maximum atomic E-state index is 13.9. The molecule has 0 bridgehead atoms. The predicted molar refractivity (Wildman–Crippen MR) is 70.3 cm³/mol. The Labute approximate surface area is 115 Å². The SMILES string of the molecule is CC1(C)CN(c2cc(C(F)(F)F)ccc2F)CCCN1. The lowest BCUT2D eigenvalue weighted by atomic mass is 10.0. The number of rotatable bonds is 1. The van der Waals surface area contributed by atoms with E-state index in [1.165, 1.54) is 0 Å². The van der Waals surface area contributed by atoms with Gasteiger partial charge in [0.2, 0.25) is 0 Å². The average Bonchev–Trinajstić information content (AvgIpc) is 2.49. The zero-order chi connectivity index (χ0) is 15.0. The van der Waals surface area contributed by atoms with Crippen LogP contribution < -0.4 is 10.2 Å². The number of nitrogens with one attached hydrogen (secondary N) is 1. The van der Waals surface area contributed by atoms with Crippen molar-refractivity contribution in [3.63, 3.8) is 0 Å². The van der Waals surface area contributed by atoms with Gasteiger partial charge in [-0.25, -0.2) is 4.39 Å². The molecule has 1 aliphatic rings. The summed E-state index contributed by atoms with van der Waals surface area (Å²) in [6.45, 7) is 5.68. The fourth-order valence-electron chi connectivity index (χ4n) is 2.45. The highest BCUT2D eigenvalue weighted by Gasteiger charge is 2.32. The fraction of sp³-hybridized carbons (Fsp3) is 0.571. The van der Waals surface area contributed by atoms with Crippen LogP contribution in [-0.2, 0) is 6.18 Å². The van der Waals surface area contributed by atoms with Gasteiger partial charge in [0, 0.05) is 18.6 Å². The molecule has 1 aromatic carbocycles. The molecule has 1 saturated heterocycles. The first kappa shape index (κ1) is 15.1. The smallest absolute Gasteiger partial charge is 0.367 e. The molecule has 0 radical (unpaired) electrons. The Kier molecular flexibility index (Phi) is 3.95. The van der Waals surface area contributed by atoms with Gasteiger partial charge in [-0.1, -0.05) is 0 Å². The molecular weight excluding hydrogens is 272 g/mol. The quantitative estimate of drug-likeness (QED) is 0.797. The molecule has 0 amide bonds. The summed E-state index contributed by atoms with van der Waals surface area (Å²) in [6.07, 6.45) is -3.69. The van der Waals surface area contributed by atoms with Gasteiger partial charge in [-0.05, 0) is 45.0 Å². The standard InChI is InChI=1S/C14H18F4N2/c1-13(2)9-20(7-3-6-19-13)12-8-10(14(16,17)18)4-5-11(12)15/h4-5,8,19H,3,6-7,9H2,1-2H3. The molecule has 1 heterocycles. The normalized spacial score (nSPS) is 19.8. The number of alkyl halides is 3. The number of benzene rings is 1. The molecule has 0 saturated carbocycles. The average molecular weight is 290 g/mol. The van der Waals surface area contributed by atoms with Crippen molar-refractivity contribution in [1.29, 1.82) is 0 Å². The van der Waals surface area contributed by atoms with Gasteiger partial charge in [0.15, 0.2) is 0 Å². The molecule has 0 spiro atoms. The van der Waals surface area contributed by atoms with Crippen molar-refractivity contribution < 1.29 is 17.6 Å². The van der Waals surface area contributed by atoms with Crippen LogP contribution in [0.15, 0.2) is 18.2 Å². The Balaban J connectivity index is 2.35. The number of halogens is 4. The molecule has 6 heteroatoms. The van der Waals surface area contributed by atoms with Gasteiger partial charge in [-0.3, -0.25) is 0 Å². The van der Waals surface area contributed by atoms with Gasteiger partial charge in [0.25, 0.3) is 0 Å². The minimum Gasteiger partial charge on any atom is -0.367 e. The minimum absolute atomic E-state index is 0.0246. The van der Waals surface area contributed by atoms with Gasteiger partial charge in [-0.2, -0.15) is 13.2 Å². The first-order valence-corrected chi connectivity index (χ1v) is 6.56. The Hall–Kier alpha value is -1.30. The second-order valence-electron chi connectivity index (χ2n) is 5.75. The number of hydrogen-bond acceptors (Lipinski definition) is 2. The van der Waals surface area contributed by atoms with Crippen LogP contribution in [0.1, 0.15) is 25.8 Å². The molecule has 0 aliphatic carbocycles. The minimum atomic E-state index is -4.46. The van der Waals surface area contributed by atoms with Crippen molar-refractivity contribution >= 4 is 5.69 Å². The summed E-state index contributed by atoms with van der Waals surface area (Å²) < 4.78 is 52.1.